The van der Waals surface area contributed by atoms with Crippen LogP contribution in [0.4, 0.5) is 0 Å². The summed E-state index contributed by atoms with van der Waals surface area (Å²) in [6, 6.07) is 2.15. The summed E-state index contributed by atoms with van der Waals surface area (Å²) < 4.78 is 0. The Kier molecular flexibility index (Phi) is 10.6. The van der Waals surface area contributed by atoms with E-state index < -0.39 is 0 Å². The van der Waals surface area contributed by atoms with E-state index in [9.17, 15) is 0 Å². The first kappa shape index (κ1) is 11.8. The molecule has 0 spiro atoms. The smallest absolute Gasteiger partial charge is 0.0621 e. The molecular weight excluding hydrogens is 168 g/mol. The second-order valence-electron chi connectivity index (χ2n) is 2.71. The van der Waals surface area contributed by atoms with E-state index in [-0.39, 0.29) is 0 Å². The van der Waals surface area contributed by atoms with E-state index in [4.69, 9.17) is 5.26 Å². The predicted molar refractivity (Wildman–Crippen MR) is 55.3 cm³/mol. The fraction of sp³-hybridized carbons (Fsp3) is 0.889. The van der Waals surface area contributed by atoms with E-state index in [1.165, 1.54) is 12.2 Å². The molecule has 0 unspecified atom stereocenters. The highest BCUT2D eigenvalue weighted by atomic mass is 32.2. The number of hydrogen-bond donors (Lipinski definition) is 1. The average Bonchev–Trinajstić information content (AvgIpc) is 2.10. The molecule has 2 nitrogen and oxygen atoms in total. The molecule has 0 rings (SSSR count). The van der Waals surface area contributed by atoms with Crippen LogP contribution >= 0.6 is 11.8 Å². The second-order valence-corrected chi connectivity index (χ2v) is 3.70. The Morgan fingerprint density at radius 3 is 2.67 bits per heavy atom. The first-order valence-electron chi connectivity index (χ1n) is 4.48. The highest BCUT2D eigenvalue weighted by Crippen LogP contribution is 1.94. The fourth-order valence-corrected chi connectivity index (χ4v) is 1.35. The van der Waals surface area contributed by atoms with E-state index >= 15 is 0 Å². The molecule has 0 aliphatic rings. The van der Waals surface area contributed by atoms with Crippen LogP contribution < -0.4 is 5.32 Å². The molecular formula is C9H18N2S. The van der Waals surface area contributed by atoms with Gasteiger partial charge >= 0.3 is 0 Å². The van der Waals surface area contributed by atoms with E-state index in [1.807, 2.05) is 11.8 Å². The minimum atomic E-state index is 0.701. The molecule has 0 atom stereocenters. The van der Waals surface area contributed by atoms with Crippen molar-refractivity contribution in [3.8, 4) is 6.07 Å². The largest absolute Gasteiger partial charge is 0.317 e. The van der Waals surface area contributed by atoms with Crippen LogP contribution in [0.2, 0.25) is 0 Å². The van der Waals surface area contributed by atoms with E-state index in [2.05, 4.69) is 17.6 Å². The zero-order valence-electron chi connectivity index (χ0n) is 7.81. The molecule has 0 saturated carbocycles. The van der Waals surface area contributed by atoms with Crippen LogP contribution in [0.1, 0.15) is 25.7 Å². The summed E-state index contributed by atoms with van der Waals surface area (Å²) in [6.45, 7) is 2.18. The lowest BCUT2D eigenvalue weighted by atomic mass is 10.2. The molecule has 70 valence electrons. The maximum atomic E-state index is 8.27. The van der Waals surface area contributed by atoms with Gasteiger partial charge in [-0.3, -0.25) is 0 Å². The van der Waals surface area contributed by atoms with Crippen molar-refractivity contribution < 1.29 is 0 Å². The minimum Gasteiger partial charge on any atom is -0.317 e. The van der Waals surface area contributed by atoms with Gasteiger partial charge in [0.2, 0.25) is 0 Å². The Balaban J connectivity index is 2.78. The topological polar surface area (TPSA) is 35.8 Å². The Morgan fingerprint density at radius 2 is 2.00 bits per heavy atom. The number of hydrogen-bond acceptors (Lipinski definition) is 3. The molecule has 0 amide bonds. The lowest BCUT2D eigenvalue weighted by molar-refractivity contribution is 0.624. The van der Waals surface area contributed by atoms with Gasteiger partial charge in [-0.2, -0.15) is 17.0 Å². The first-order chi connectivity index (χ1) is 5.91. The van der Waals surface area contributed by atoms with Crippen molar-refractivity contribution >= 4 is 11.8 Å². The maximum Gasteiger partial charge on any atom is 0.0621 e. The summed E-state index contributed by atoms with van der Waals surface area (Å²) in [5.41, 5.74) is 0. The van der Waals surface area contributed by atoms with Gasteiger partial charge in [0.1, 0.15) is 0 Å². The molecule has 3 heteroatoms. The molecule has 12 heavy (non-hydrogen) atoms. The van der Waals surface area contributed by atoms with Crippen LogP contribution in [0, 0.1) is 11.3 Å². The van der Waals surface area contributed by atoms with Crippen molar-refractivity contribution in [2.75, 3.05) is 25.1 Å². The molecule has 0 bridgehead atoms. The molecule has 0 radical (unpaired) electrons. The van der Waals surface area contributed by atoms with Gasteiger partial charge < -0.3 is 5.32 Å². The lowest BCUT2D eigenvalue weighted by Crippen LogP contribution is -2.17. The third kappa shape index (κ3) is 9.80. The number of thioether (sulfide) groups is 1. The SMILES string of the molecule is CSCCCNCCCCC#N. The number of nitrogens with one attached hydrogen (secondary N) is 1. The van der Waals surface area contributed by atoms with Crippen molar-refractivity contribution in [2.45, 2.75) is 25.7 Å². The third-order valence-corrected chi connectivity index (χ3v) is 2.29. The standard InChI is InChI=1S/C9H18N2S/c1-12-9-5-8-11-7-4-2-3-6-10/h11H,2-5,7-9H2,1H3. The third-order valence-electron chi connectivity index (χ3n) is 1.59. The Morgan fingerprint density at radius 1 is 1.25 bits per heavy atom. The van der Waals surface area contributed by atoms with Crippen molar-refractivity contribution in [3.63, 3.8) is 0 Å². The van der Waals surface area contributed by atoms with Gasteiger partial charge in [-0.15, -0.1) is 0 Å². The fourth-order valence-electron chi connectivity index (χ4n) is 0.921. The summed E-state index contributed by atoms with van der Waals surface area (Å²) in [5, 5.41) is 11.6. The molecule has 0 aliphatic heterocycles. The van der Waals surface area contributed by atoms with Crippen LogP contribution in [0.25, 0.3) is 0 Å². The Bertz CT molecular complexity index is 120. The molecule has 0 aliphatic carbocycles. The van der Waals surface area contributed by atoms with Crippen LogP contribution in [-0.2, 0) is 0 Å². The number of nitriles is 1. The summed E-state index contributed by atoms with van der Waals surface area (Å²) in [4.78, 5) is 0. The summed E-state index contributed by atoms with van der Waals surface area (Å²) >= 11 is 1.89. The quantitative estimate of drug-likeness (QED) is 0.589. The molecule has 0 fully saturated rings. The zero-order chi connectivity index (χ0) is 9.07. The first-order valence-corrected chi connectivity index (χ1v) is 5.88. The summed E-state index contributed by atoms with van der Waals surface area (Å²) in [6.07, 6.45) is 6.25. The molecule has 0 heterocycles. The number of unbranched alkanes of at least 4 members (excludes halogenated alkanes) is 2. The second kappa shape index (κ2) is 10.8. The minimum absolute atomic E-state index is 0.701. The van der Waals surface area contributed by atoms with Crippen molar-refractivity contribution in [3.05, 3.63) is 0 Å². The summed E-state index contributed by atoms with van der Waals surface area (Å²) in [5.74, 6) is 1.24. The van der Waals surface area contributed by atoms with Gasteiger partial charge in [0.25, 0.3) is 0 Å². The highest BCUT2D eigenvalue weighted by molar-refractivity contribution is 7.98. The van der Waals surface area contributed by atoms with Gasteiger partial charge in [0.05, 0.1) is 6.07 Å². The van der Waals surface area contributed by atoms with E-state index in [1.54, 1.807) is 0 Å². The highest BCUT2D eigenvalue weighted by Gasteiger charge is 1.88. The van der Waals surface area contributed by atoms with E-state index in [0.29, 0.717) is 6.42 Å². The van der Waals surface area contributed by atoms with Gasteiger partial charge in [-0.25, -0.2) is 0 Å². The molecule has 1 N–H and O–H groups in total. The van der Waals surface area contributed by atoms with Crippen molar-refractivity contribution in [2.24, 2.45) is 0 Å². The van der Waals surface area contributed by atoms with Crippen LogP contribution in [0.15, 0.2) is 0 Å². The van der Waals surface area contributed by atoms with Crippen LogP contribution in [0.3, 0.4) is 0 Å². The summed E-state index contributed by atoms with van der Waals surface area (Å²) in [7, 11) is 0. The molecule has 0 aromatic rings. The van der Waals surface area contributed by atoms with Crippen molar-refractivity contribution in [1.82, 2.24) is 5.32 Å². The average molecular weight is 186 g/mol. The Labute approximate surface area is 79.7 Å². The van der Waals surface area contributed by atoms with Crippen LogP contribution in [-0.4, -0.2) is 25.1 Å². The number of rotatable bonds is 8. The van der Waals surface area contributed by atoms with E-state index in [0.717, 1.165) is 25.9 Å². The Hall–Kier alpha value is -0.200. The molecule has 0 saturated heterocycles. The molecule has 0 aromatic heterocycles. The van der Waals surface area contributed by atoms with Gasteiger partial charge in [-0.1, -0.05) is 0 Å². The zero-order valence-corrected chi connectivity index (χ0v) is 8.62. The maximum absolute atomic E-state index is 8.27. The van der Waals surface area contributed by atoms with Crippen LogP contribution in [0.5, 0.6) is 0 Å². The molecule has 0 aromatic carbocycles. The van der Waals surface area contributed by atoms with Gasteiger partial charge in [0, 0.05) is 6.42 Å². The van der Waals surface area contributed by atoms with Gasteiger partial charge in [0.15, 0.2) is 0 Å². The lowest BCUT2D eigenvalue weighted by Gasteiger charge is -2.01. The monoisotopic (exact) mass is 186 g/mol. The van der Waals surface area contributed by atoms with Crippen molar-refractivity contribution in [1.29, 1.82) is 5.26 Å². The number of nitrogens with zero attached hydrogens (tertiary/aromatic N) is 1. The normalized spacial score (nSPS) is 9.67. The van der Waals surface area contributed by atoms with Gasteiger partial charge in [-0.05, 0) is 44.4 Å². The predicted octanol–water partition coefficient (Wildman–Crippen LogP) is 2.02.